The van der Waals surface area contributed by atoms with Crippen LogP contribution in [0.5, 0.6) is 11.5 Å². The summed E-state index contributed by atoms with van der Waals surface area (Å²) in [6.07, 6.45) is 3.34. The first kappa shape index (κ1) is 26.3. The first-order valence-corrected chi connectivity index (χ1v) is 13.3. The highest BCUT2D eigenvalue weighted by Crippen LogP contribution is 2.37. The van der Waals surface area contributed by atoms with Crippen molar-refractivity contribution in [2.75, 3.05) is 20.8 Å². The van der Waals surface area contributed by atoms with Crippen molar-refractivity contribution in [2.24, 2.45) is 0 Å². The van der Waals surface area contributed by atoms with Gasteiger partial charge in [-0.1, -0.05) is 6.07 Å². The molecule has 11 nitrogen and oxygen atoms in total. The van der Waals surface area contributed by atoms with Gasteiger partial charge in [0.05, 0.1) is 19.5 Å². The van der Waals surface area contributed by atoms with Crippen molar-refractivity contribution in [3.8, 4) is 28.8 Å². The summed E-state index contributed by atoms with van der Waals surface area (Å²) >= 11 is 0. The van der Waals surface area contributed by atoms with Gasteiger partial charge in [-0.25, -0.2) is 18.4 Å². The van der Waals surface area contributed by atoms with Crippen LogP contribution in [0.2, 0.25) is 0 Å². The number of methoxy groups -OCH3 is 2. The molecule has 0 fully saturated rings. The molecule has 4 rings (SSSR count). The Morgan fingerprint density at radius 3 is 2.27 bits per heavy atom. The molecule has 1 N–H and O–H groups in total. The molecule has 37 heavy (non-hydrogen) atoms. The molecule has 0 saturated carbocycles. The fraction of sp³-hybridized carbons (Fsp3) is 0.360. The fourth-order valence-corrected chi connectivity index (χ4v) is 5.64. The fourth-order valence-electron chi connectivity index (χ4n) is 3.99. The molecule has 0 aliphatic carbocycles. The Hall–Kier alpha value is -3.77. The maximum atomic E-state index is 13.7. The molecule has 0 amide bonds. The summed E-state index contributed by atoms with van der Waals surface area (Å²) in [6, 6.07) is 8.74. The van der Waals surface area contributed by atoms with E-state index < -0.39 is 20.8 Å². The number of furan rings is 1. The molecule has 3 aromatic heterocycles. The molecular weight excluding hydrogens is 498 g/mol. The van der Waals surface area contributed by atoms with Crippen LogP contribution >= 0.6 is 0 Å². The lowest BCUT2D eigenvalue weighted by atomic mass is 10.2. The number of benzene rings is 1. The average molecular weight is 528 g/mol. The van der Waals surface area contributed by atoms with Gasteiger partial charge in [0.15, 0.2) is 21.4 Å². The molecule has 196 valence electrons. The van der Waals surface area contributed by atoms with E-state index in [2.05, 4.69) is 20.2 Å². The van der Waals surface area contributed by atoms with E-state index in [1.165, 1.54) is 14.2 Å². The minimum Gasteiger partial charge on any atom is -0.494 e. The number of aliphatic hydroxyl groups excluding tert-OH is 1. The van der Waals surface area contributed by atoms with Crippen molar-refractivity contribution in [1.82, 2.24) is 24.7 Å². The summed E-state index contributed by atoms with van der Waals surface area (Å²) < 4.78 is 45.9. The molecular formula is C25H29N5O6S. The zero-order valence-electron chi connectivity index (χ0n) is 21.1. The molecule has 0 aliphatic rings. The molecule has 1 aromatic carbocycles. The quantitative estimate of drug-likeness (QED) is 0.309. The highest BCUT2D eigenvalue weighted by Gasteiger charge is 2.32. The van der Waals surface area contributed by atoms with Crippen molar-refractivity contribution in [3.63, 3.8) is 0 Å². The van der Waals surface area contributed by atoms with Crippen molar-refractivity contribution in [3.05, 3.63) is 65.7 Å². The third-order valence-electron chi connectivity index (χ3n) is 5.85. The molecule has 0 saturated heterocycles. The third kappa shape index (κ3) is 5.65. The van der Waals surface area contributed by atoms with E-state index in [9.17, 15) is 13.5 Å². The Kier molecular flexibility index (Phi) is 7.89. The SMILES string of the molecule is COc1cccc(OC)c1-n1c(CS(=O)(=O)[C@H](CCO)Cc2ncc(C)cn2)nnc1-c1ccc(C)o1. The van der Waals surface area contributed by atoms with Crippen LogP contribution in [0.3, 0.4) is 0 Å². The van der Waals surface area contributed by atoms with E-state index in [-0.39, 0.29) is 25.3 Å². The molecule has 12 heteroatoms. The first-order valence-electron chi connectivity index (χ1n) is 11.6. The van der Waals surface area contributed by atoms with Crippen LogP contribution in [0.25, 0.3) is 17.3 Å². The summed E-state index contributed by atoms with van der Waals surface area (Å²) in [6.45, 7) is 3.34. The molecule has 4 aromatic rings. The monoisotopic (exact) mass is 527 g/mol. The highest BCUT2D eigenvalue weighted by molar-refractivity contribution is 7.91. The number of hydrogen-bond acceptors (Lipinski definition) is 10. The first-order chi connectivity index (χ1) is 17.8. The molecule has 0 unspecified atom stereocenters. The van der Waals surface area contributed by atoms with Crippen molar-refractivity contribution < 1.29 is 27.4 Å². The van der Waals surface area contributed by atoms with Gasteiger partial charge in [-0.15, -0.1) is 10.2 Å². The van der Waals surface area contributed by atoms with Crippen LogP contribution in [-0.4, -0.2) is 64.3 Å². The van der Waals surface area contributed by atoms with Crippen LogP contribution in [0.15, 0.2) is 47.1 Å². The van der Waals surface area contributed by atoms with Gasteiger partial charge in [0.2, 0.25) is 5.82 Å². The normalized spacial score (nSPS) is 12.5. The lowest BCUT2D eigenvalue weighted by Gasteiger charge is -2.19. The smallest absolute Gasteiger partial charge is 0.204 e. The number of aryl methyl sites for hydroxylation is 2. The number of hydrogen-bond donors (Lipinski definition) is 1. The summed E-state index contributed by atoms with van der Waals surface area (Å²) in [5, 5.41) is 17.2. The van der Waals surface area contributed by atoms with Gasteiger partial charge >= 0.3 is 0 Å². The molecule has 0 bridgehead atoms. The predicted octanol–water partition coefficient (Wildman–Crippen LogP) is 2.86. The average Bonchev–Trinajstić information content (AvgIpc) is 3.49. The van der Waals surface area contributed by atoms with Gasteiger partial charge in [-0.05, 0) is 50.1 Å². The Labute approximate surface area is 215 Å². The van der Waals surface area contributed by atoms with E-state index in [0.717, 1.165) is 5.56 Å². The van der Waals surface area contributed by atoms with Crippen molar-refractivity contribution >= 4 is 9.84 Å². The lowest BCUT2D eigenvalue weighted by Crippen LogP contribution is -2.28. The number of nitrogens with zero attached hydrogens (tertiary/aromatic N) is 5. The Bertz CT molecular complexity index is 1440. The largest absolute Gasteiger partial charge is 0.494 e. The van der Waals surface area contributed by atoms with Gasteiger partial charge in [0, 0.05) is 25.4 Å². The van der Waals surface area contributed by atoms with Gasteiger partial charge in [0.1, 0.15) is 34.5 Å². The molecule has 3 heterocycles. The minimum absolute atomic E-state index is 0.0237. The van der Waals surface area contributed by atoms with Crippen molar-refractivity contribution in [1.29, 1.82) is 0 Å². The third-order valence-corrected chi connectivity index (χ3v) is 7.93. The Morgan fingerprint density at radius 1 is 1.03 bits per heavy atom. The van der Waals surface area contributed by atoms with Crippen LogP contribution in [-0.2, 0) is 22.0 Å². The van der Waals surface area contributed by atoms with Gasteiger partial charge < -0.3 is 19.0 Å². The summed E-state index contributed by atoms with van der Waals surface area (Å²) in [4.78, 5) is 8.48. The summed E-state index contributed by atoms with van der Waals surface area (Å²) in [5.41, 5.74) is 1.30. The molecule has 0 spiro atoms. The Morgan fingerprint density at radius 2 is 1.70 bits per heavy atom. The second-order valence-electron chi connectivity index (χ2n) is 8.52. The van der Waals surface area contributed by atoms with E-state index in [4.69, 9.17) is 13.9 Å². The standard InChI is InChI=1S/C25H29N5O6S/c1-16-13-26-22(27-14-16)12-18(10-11-31)37(32,33)15-23-28-29-25(21-9-8-17(2)36-21)30(23)24-19(34-3)6-5-7-20(24)35-4/h5-9,13-14,18,31H,10-12,15H2,1-4H3/t18-/m1/s1. The molecule has 0 radical (unpaired) electrons. The highest BCUT2D eigenvalue weighted by atomic mass is 32.2. The Balaban J connectivity index is 1.81. The van der Waals surface area contributed by atoms with E-state index in [1.54, 1.807) is 54.2 Å². The maximum Gasteiger partial charge on any atom is 0.204 e. The van der Waals surface area contributed by atoms with E-state index in [1.807, 2.05) is 6.92 Å². The van der Waals surface area contributed by atoms with Crippen LogP contribution in [0.1, 0.15) is 29.4 Å². The van der Waals surface area contributed by atoms with Crippen LogP contribution < -0.4 is 9.47 Å². The molecule has 1 atom stereocenters. The number of rotatable bonds is 11. The number of ether oxygens (including phenoxy) is 2. The van der Waals surface area contributed by atoms with Crippen molar-refractivity contribution in [2.45, 2.75) is 37.7 Å². The number of aromatic nitrogens is 5. The van der Waals surface area contributed by atoms with Gasteiger partial charge in [-0.2, -0.15) is 0 Å². The van der Waals surface area contributed by atoms with E-state index in [0.29, 0.717) is 40.4 Å². The second kappa shape index (κ2) is 11.1. The van der Waals surface area contributed by atoms with Gasteiger partial charge in [0.25, 0.3) is 0 Å². The zero-order chi connectivity index (χ0) is 26.6. The second-order valence-corrected chi connectivity index (χ2v) is 10.8. The van der Waals surface area contributed by atoms with E-state index >= 15 is 0 Å². The number of para-hydroxylation sites is 1. The summed E-state index contributed by atoms with van der Waals surface area (Å²) in [5.74, 6) is 2.28. The number of aliphatic hydroxyl groups is 1. The minimum atomic E-state index is -3.85. The summed E-state index contributed by atoms with van der Waals surface area (Å²) in [7, 11) is -0.838. The molecule has 0 aliphatic heterocycles. The van der Waals surface area contributed by atoms with Gasteiger partial charge in [-0.3, -0.25) is 4.57 Å². The number of sulfone groups is 1. The predicted molar refractivity (Wildman–Crippen MR) is 135 cm³/mol. The zero-order valence-corrected chi connectivity index (χ0v) is 21.9. The maximum absolute atomic E-state index is 13.7. The van der Waals surface area contributed by atoms with Crippen LogP contribution in [0.4, 0.5) is 0 Å². The lowest BCUT2D eigenvalue weighted by molar-refractivity contribution is 0.284. The topological polar surface area (TPSA) is 142 Å². The van der Waals surface area contributed by atoms with Crippen LogP contribution in [0, 0.1) is 13.8 Å².